The standard InChI is InChI=1S/C19H12N2O/c1-3-12-6-7-13-10-17-14(11-20-21-17)9-16(13)19(12)15(4-1)18-5-2-8-22-18/h1-11H,(H,20,21). The van der Waals surface area contributed by atoms with Crippen LogP contribution in [0.1, 0.15) is 0 Å². The lowest BCUT2D eigenvalue weighted by molar-refractivity contribution is 0.583. The zero-order chi connectivity index (χ0) is 14.5. The third-order valence-electron chi connectivity index (χ3n) is 4.21. The molecule has 3 nitrogen and oxygen atoms in total. The van der Waals surface area contributed by atoms with Gasteiger partial charge in [-0.3, -0.25) is 5.10 Å². The van der Waals surface area contributed by atoms with Crippen LogP contribution in [-0.4, -0.2) is 10.2 Å². The summed E-state index contributed by atoms with van der Waals surface area (Å²) in [7, 11) is 0. The van der Waals surface area contributed by atoms with Crippen LogP contribution in [0.3, 0.4) is 0 Å². The Morgan fingerprint density at radius 1 is 0.864 bits per heavy atom. The summed E-state index contributed by atoms with van der Waals surface area (Å²) in [6.45, 7) is 0. The van der Waals surface area contributed by atoms with Gasteiger partial charge >= 0.3 is 0 Å². The first-order valence-corrected chi connectivity index (χ1v) is 7.23. The fourth-order valence-corrected chi connectivity index (χ4v) is 3.19. The smallest absolute Gasteiger partial charge is 0.134 e. The second kappa shape index (κ2) is 4.21. The van der Waals surface area contributed by atoms with Crippen LogP contribution in [0.15, 0.2) is 71.5 Å². The number of H-pyrrole nitrogens is 1. The lowest BCUT2D eigenvalue weighted by Gasteiger charge is -2.08. The molecule has 0 aliphatic carbocycles. The van der Waals surface area contributed by atoms with E-state index >= 15 is 0 Å². The van der Waals surface area contributed by atoms with Crippen molar-refractivity contribution in [1.29, 1.82) is 0 Å². The summed E-state index contributed by atoms with van der Waals surface area (Å²) in [5.41, 5.74) is 2.18. The Morgan fingerprint density at radius 3 is 2.73 bits per heavy atom. The molecule has 5 aromatic rings. The van der Waals surface area contributed by atoms with Crippen LogP contribution in [0.4, 0.5) is 0 Å². The Bertz CT molecular complexity index is 1120. The Balaban J connectivity index is 2.01. The number of aromatic nitrogens is 2. The van der Waals surface area contributed by atoms with Crippen molar-refractivity contribution in [3.63, 3.8) is 0 Å². The number of nitrogens with one attached hydrogen (secondary N) is 1. The van der Waals surface area contributed by atoms with Gasteiger partial charge < -0.3 is 4.42 Å². The molecule has 0 radical (unpaired) electrons. The van der Waals surface area contributed by atoms with Crippen molar-refractivity contribution in [3.05, 3.63) is 67.1 Å². The summed E-state index contributed by atoms with van der Waals surface area (Å²) < 4.78 is 5.63. The normalized spacial score (nSPS) is 11.6. The van der Waals surface area contributed by atoms with Crippen LogP contribution >= 0.6 is 0 Å². The minimum Gasteiger partial charge on any atom is -0.464 e. The first kappa shape index (κ1) is 11.6. The summed E-state index contributed by atoms with van der Waals surface area (Å²) in [5, 5.41) is 13.1. The van der Waals surface area contributed by atoms with Crippen LogP contribution < -0.4 is 0 Å². The zero-order valence-electron chi connectivity index (χ0n) is 11.7. The average Bonchev–Trinajstić information content (AvgIpc) is 3.23. The van der Waals surface area contributed by atoms with Crippen molar-refractivity contribution in [1.82, 2.24) is 10.2 Å². The third kappa shape index (κ3) is 1.53. The quantitative estimate of drug-likeness (QED) is 0.433. The van der Waals surface area contributed by atoms with Crippen molar-refractivity contribution >= 4 is 32.4 Å². The SMILES string of the molecule is c1coc(-c2cccc3ccc4cc5[nH]ncc5cc4c23)c1. The first-order chi connectivity index (χ1) is 10.9. The molecule has 3 heteroatoms. The minimum atomic E-state index is 0.894. The van der Waals surface area contributed by atoms with Crippen molar-refractivity contribution in [2.24, 2.45) is 0 Å². The molecule has 0 aliphatic rings. The number of rotatable bonds is 1. The average molecular weight is 284 g/mol. The summed E-state index contributed by atoms with van der Waals surface area (Å²) in [4.78, 5) is 0. The van der Waals surface area contributed by atoms with E-state index in [0.29, 0.717) is 0 Å². The maximum absolute atomic E-state index is 5.63. The molecule has 1 N–H and O–H groups in total. The highest BCUT2D eigenvalue weighted by Crippen LogP contribution is 2.35. The number of nitrogens with zero attached hydrogens (tertiary/aromatic N) is 1. The lowest BCUT2D eigenvalue weighted by Crippen LogP contribution is -1.83. The first-order valence-electron chi connectivity index (χ1n) is 7.23. The van der Waals surface area contributed by atoms with E-state index in [4.69, 9.17) is 4.42 Å². The van der Waals surface area contributed by atoms with E-state index in [-0.39, 0.29) is 0 Å². The predicted octanol–water partition coefficient (Wildman–Crippen LogP) is 5.13. The number of aromatic amines is 1. The molecule has 0 bridgehead atoms. The van der Waals surface area contributed by atoms with Crippen LogP contribution in [0.2, 0.25) is 0 Å². The van der Waals surface area contributed by atoms with Crippen LogP contribution in [0.25, 0.3) is 43.8 Å². The highest BCUT2D eigenvalue weighted by Gasteiger charge is 2.10. The summed E-state index contributed by atoms with van der Waals surface area (Å²) in [6, 6.07) is 18.9. The van der Waals surface area contributed by atoms with Crippen LogP contribution in [0, 0.1) is 0 Å². The molecule has 0 spiro atoms. The Labute approximate surface area is 126 Å². The molecule has 22 heavy (non-hydrogen) atoms. The van der Waals surface area contributed by atoms with Gasteiger partial charge in [0.2, 0.25) is 0 Å². The van der Waals surface area contributed by atoms with Crippen molar-refractivity contribution < 1.29 is 4.42 Å². The maximum Gasteiger partial charge on any atom is 0.134 e. The predicted molar refractivity (Wildman–Crippen MR) is 88.8 cm³/mol. The van der Waals surface area contributed by atoms with Gasteiger partial charge in [-0.05, 0) is 40.4 Å². The highest BCUT2D eigenvalue weighted by molar-refractivity contribution is 6.16. The molecule has 0 atom stereocenters. The van der Waals surface area contributed by atoms with E-state index in [1.54, 1.807) is 6.26 Å². The lowest BCUT2D eigenvalue weighted by atomic mass is 9.96. The van der Waals surface area contributed by atoms with Gasteiger partial charge in [0.1, 0.15) is 5.76 Å². The number of fused-ring (bicyclic) bond motifs is 4. The van der Waals surface area contributed by atoms with Gasteiger partial charge in [0.25, 0.3) is 0 Å². The number of hydrogen-bond donors (Lipinski definition) is 1. The number of benzene rings is 3. The maximum atomic E-state index is 5.63. The molecule has 0 fully saturated rings. The molecule has 5 rings (SSSR count). The van der Waals surface area contributed by atoms with E-state index in [9.17, 15) is 0 Å². The van der Waals surface area contributed by atoms with E-state index in [1.807, 2.05) is 18.3 Å². The number of furan rings is 1. The fourth-order valence-electron chi connectivity index (χ4n) is 3.19. The van der Waals surface area contributed by atoms with Crippen molar-refractivity contribution in [2.75, 3.05) is 0 Å². The second-order valence-corrected chi connectivity index (χ2v) is 5.48. The van der Waals surface area contributed by atoms with Gasteiger partial charge in [-0.15, -0.1) is 0 Å². The van der Waals surface area contributed by atoms with Crippen LogP contribution in [0.5, 0.6) is 0 Å². The third-order valence-corrected chi connectivity index (χ3v) is 4.21. The molecule has 0 amide bonds. The Kier molecular flexibility index (Phi) is 2.22. The second-order valence-electron chi connectivity index (χ2n) is 5.48. The van der Waals surface area contributed by atoms with E-state index < -0.39 is 0 Å². The summed E-state index contributed by atoms with van der Waals surface area (Å²) >= 11 is 0. The van der Waals surface area contributed by atoms with E-state index in [1.165, 1.54) is 21.5 Å². The van der Waals surface area contributed by atoms with Gasteiger partial charge in [0, 0.05) is 16.3 Å². The number of hydrogen-bond acceptors (Lipinski definition) is 2. The molecular weight excluding hydrogens is 272 g/mol. The fraction of sp³-hybridized carbons (Fsp3) is 0. The minimum absolute atomic E-state index is 0.894. The van der Waals surface area contributed by atoms with Gasteiger partial charge in [0.05, 0.1) is 18.0 Å². The zero-order valence-corrected chi connectivity index (χ0v) is 11.7. The Morgan fingerprint density at radius 2 is 1.82 bits per heavy atom. The van der Waals surface area contributed by atoms with Gasteiger partial charge in [-0.25, -0.2) is 0 Å². The topological polar surface area (TPSA) is 41.8 Å². The van der Waals surface area contributed by atoms with E-state index in [2.05, 4.69) is 52.7 Å². The molecule has 0 aliphatic heterocycles. The molecule has 0 unspecified atom stereocenters. The molecule has 0 saturated heterocycles. The molecule has 2 aromatic heterocycles. The molecule has 3 aromatic carbocycles. The van der Waals surface area contributed by atoms with Gasteiger partial charge in [0.15, 0.2) is 0 Å². The molecule has 0 saturated carbocycles. The van der Waals surface area contributed by atoms with E-state index in [0.717, 1.165) is 22.2 Å². The monoisotopic (exact) mass is 284 g/mol. The molecule has 2 heterocycles. The largest absolute Gasteiger partial charge is 0.464 e. The van der Waals surface area contributed by atoms with Crippen LogP contribution in [-0.2, 0) is 0 Å². The van der Waals surface area contributed by atoms with Gasteiger partial charge in [-0.1, -0.05) is 30.3 Å². The van der Waals surface area contributed by atoms with Crippen molar-refractivity contribution in [2.45, 2.75) is 0 Å². The summed E-state index contributed by atoms with van der Waals surface area (Å²) in [6.07, 6.45) is 3.58. The molecule has 104 valence electrons. The molecular formula is C19H12N2O. The van der Waals surface area contributed by atoms with Crippen molar-refractivity contribution in [3.8, 4) is 11.3 Å². The Hall–Kier alpha value is -3.07. The summed E-state index contributed by atoms with van der Waals surface area (Å²) in [5.74, 6) is 0.894. The highest BCUT2D eigenvalue weighted by atomic mass is 16.3. The van der Waals surface area contributed by atoms with Gasteiger partial charge in [-0.2, -0.15) is 5.10 Å².